The van der Waals surface area contributed by atoms with Crippen LogP contribution in [-0.2, 0) is 10.8 Å². The summed E-state index contributed by atoms with van der Waals surface area (Å²) in [5, 5.41) is 3.53. The van der Waals surface area contributed by atoms with Crippen molar-refractivity contribution in [2.75, 3.05) is 38.2 Å². The highest BCUT2D eigenvalue weighted by Gasteiger charge is 2.16. The molecule has 0 aliphatic carbocycles. The van der Waals surface area contributed by atoms with Gasteiger partial charge in [-0.1, -0.05) is 6.92 Å². The predicted octanol–water partition coefficient (Wildman–Crippen LogP) is 0.439. The fraction of sp³-hybridized carbons (Fsp3) is 1.00. The van der Waals surface area contributed by atoms with E-state index >= 15 is 0 Å². The Bertz CT molecular complexity index is 177. The van der Waals surface area contributed by atoms with E-state index in [0.29, 0.717) is 6.04 Å². The van der Waals surface area contributed by atoms with E-state index in [1.807, 2.05) is 0 Å². The van der Waals surface area contributed by atoms with E-state index in [2.05, 4.69) is 24.2 Å². The molecular weight excluding hydrogens is 196 g/mol. The van der Waals surface area contributed by atoms with Crippen molar-refractivity contribution in [2.45, 2.75) is 25.8 Å². The van der Waals surface area contributed by atoms with Crippen molar-refractivity contribution in [2.24, 2.45) is 0 Å². The molecule has 1 heterocycles. The normalized spacial score (nSPS) is 28.2. The zero-order chi connectivity index (χ0) is 10.4. The first-order valence-electron chi connectivity index (χ1n) is 5.49. The first-order valence-corrected chi connectivity index (χ1v) is 6.98. The number of likely N-dealkylation sites (N-methyl/N-ethyl adjacent to an activating group) is 1. The van der Waals surface area contributed by atoms with Gasteiger partial charge in [-0.05, 0) is 26.4 Å². The van der Waals surface area contributed by atoms with Crippen molar-refractivity contribution < 1.29 is 4.21 Å². The zero-order valence-electron chi connectivity index (χ0n) is 9.29. The molecule has 0 unspecified atom stereocenters. The molecule has 1 aliphatic heterocycles. The number of nitrogens with zero attached hydrogens (tertiary/aromatic N) is 1. The summed E-state index contributed by atoms with van der Waals surface area (Å²) in [7, 11) is 1.61. The van der Waals surface area contributed by atoms with E-state index in [1.54, 1.807) is 0 Å². The van der Waals surface area contributed by atoms with Crippen molar-refractivity contribution in [3.8, 4) is 0 Å². The lowest BCUT2D eigenvalue weighted by Crippen LogP contribution is -2.39. The summed E-state index contributed by atoms with van der Waals surface area (Å²) >= 11 is 0. The molecule has 0 aromatic rings. The van der Waals surface area contributed by atoms with Crippen molar-refractivity contribution in [1.82, 2.24) is 10.2 Å². The predicted molar refractivity (Wildman–Crippen MR) is 62.1 cm³/mol. The Hall–Kier alpha value is 0.0700. The monoisotopic (exact) mass is 218 g/mol. The second-order valence-electron chi connectivity index (χ2n) is 3.97. The topological polar surface area (TPSA) is 32.3 Å². The molecule has 3 nitrogen and oxygen atoms in total. The van der Waals surface area contributed by atoms with Crippen LogP contribution in [0.15, 0.2) is 0 Å². The summed E-state index contributed by atoms with van der Waals surface area (Å²) in [5.41, 5.74) is 0. The van der Waals surface area contributed by atoms with Crippen molar-refractivity contribution in [1.29, 1.82) is 0 Å². The zero-order valence-corrected chi connectivity index (χ0v) is 10.1. The lowest BCUT2D eigenvalue weighted by atomic mass is 10.1. The number of hydrogen-bond acceptors (Lipinski definition) is 3. The van der Waals surface area contributed by atoms with Crippen LogP contribution >= 0.6 is 0 Å². The number of nitrogens with one attached hydrogen (secondary N) is 1. The Balaban J connectivity index is 2.04. The van der Waals surface area contributed by atoms with Crippen molar-refractivity contribution in [3.05, 3.63) is 0 Å². The van der Waals surface area contributed by atoms with Gasteiger partial charge in [0.25, 0.3) is 0 Å². The van der Waals surface area contributed by atoms with E-state index in [4.69, 9.17) is 0 Å². The fourth-order valence-corrected chi connectivity index (χ4v) is 2.91. The highest BCUT2D eigenvalue weighted by molar-refractivity contribution is 7.85. The van der Waals surface area contributed by atoms with Crippen LogP contribution in [-0.4, -0.2) is 53.3 Å². The first-order chi connectivity index (χ1) is 6.72. The fourth-order valence-electron chi connectivity index (χ4n) is 1.62. The van der Waals surface area contributed by atoms with Crippen LogP contribution in [0.1, 0.15) is 19.8 Å². The molecule has 0 saturated carbocycles. The lowest BCUT2D eigenvalue weighted by molar-refractivity contribution is 0.335. The maximum absolute atomic E-state index is 11.1. The minimum Gasteiger partial charge on any atom is -0.313 e. The summed E-state index contributed by atoms with van der Waals surface area (Å²) in [4.78, 5) is 2.30. The molecule has 0 amide bonds. The third kappa shape index (κ3) is 4.53. The Kier molecular flexibility index (Phi) is 5.67. The van der Waals surface area contributed by atoms with Crippen LogP contribution < -0.4 is 5.32 Å². The van der Waals surface area contributed by atoms with Gasteiger partial charge >= 0.3 is 0 Å². The van der Waals surface area contributed by atoms with Gasteiger partial charge in [0.1, 0.15) is 0 Å². The summed E-state index contributed by atoms with van der Waals surface area (Å²) < 4.78 is 11.1. The van der Waals surface area contributed by atoms with E-state index in [1.165, 1.54) is 0 Å². The molecule has 0 radical (unpaired) electrons. The van der Waals surface area contributed by atoms with Gasteiger partial charge in [-0.15, -0.1) is 0 Å². The van der Waals surface area contributed by atoms with Crippen LogP contribution in [0.2, 0.25) is 0 Å². The lowest BCUT2D eigenvalue weighted by Gasteiger charge is -2.23. The molecule has 0 bridgehead atoms. The minimum atomic E-state index is -0.527. The van der Waals surface area contributed by atoms with Gasteiger partial charge in [-0.25, -0.2) is 0 Å². The van der Waals surface area contributed by atoms with Gasteiger partial charge in [0.15, 0.2) is 0 Å². The number of rotatable bonds is 5. The van der Waals surface area contributed by atoms with Gasteiger partial charge in [-0.3, -0.25) is 4.21 Å². The standard InChI is InChI=1S/C10H22N2OS/c1-3-12(2)7-6-11-10-4-8-14(13)9-5-10/h10-11H,3-9H2,1-2H3. The third-order valence-electron chi connectivity index (χ3n) is 2.85. The van der Waals surface area contributed by atoms with Gasteiger partial charge in [0.05, 0.1) is 0 Å². The SMILES string of the molecule is CCN(C)CCNC1CCS(=O)CC1. The molecule has 0 spiro atoms. The quantitative estimate of drug-likeness (QED) is 0.727. The summed E-state index contributed by atoms with van der Waals surface area (Å²) in [5.74, 6) is 1.78. The van der Waals surface area contributed by atoms with Gasteiger partial charge in [0.2, 0.25) is 0 Å². The van der Waals surface area contributed by atoms with Crippen molar-refractivity contribution >= 4 is 10.8 Å². The average molecular weight is 218 g/mol. The highest BCUT2D eigenvalue weighted by Crippen LogP contribution is 2.08. The second-order valence-corrected chi connectivity index (χ2v) is 5.67. The summed E-state index contributed by atoms with van der Waals surface area (Å²) in [6.45, 7) is 5.44. The Morgan fingerprint density at radius 3 is 2.64 bits per heavy atom. The molecule has 0 aromatic carbocycles. The van der Waals surface area contributed by atoms with Crippen LogP contribution in [0.4, 0.5) is 0 Å². The molecule has 0 atom stereocenters. The first kappa shape index (κ1) is 12.1. The smallest absolute Gasteiger partial charge is 0.0249 e. The molecule has 1 aliphatic rings. The van der Waals surface area contributed by atoms with Crippen molar-refractivity contribution in [3.63, 3.8) is 0 Å². The maximum Gasteiger partial charge on any atom is 0.0249 e. The largest absolute Gasteiger partial charge is 0.313 e. The van der Waals surface area contributed by atoms with E-state index in [-0.39, 0.29) is 0 Å². The molecule has 1 N–H and O–H groups in total. The second kappa shape index (κ2) is 6.53. The van der Waals surface area contributed by atoms with E-state index < -0.39 is 10.8 Å². The third-order valence-corrected chi connectivity index (χ3v) is 4.24. The van der Waals surface area contributed by atoms with Gasteiger partial charge in [-0.2, -0.15) is 0 Å². The van der Waals surface area contributed by atoms with E-state index in [0.717, 1.165) is 44.0 Å². The van der Waals surface area contributed by atoms with Crippen LogP contribution in [0.5, 0.6) is 0 Å². The summed E-state index contributed by atoms with van der Waals surface area (Å²) in [6.07, 6.45) is 2.17. The summed E-state index contributed by atoms with van der Waals surface area (Å²) in [6, 6.07) is 0.609. The van der Waals surface area contributed by atoms with E-state index in [9.17, 15) is 4.21 Å². The molecule has 84 valence electrons. The van der Waals surface area contributed by atoms with Crippen LogP contribution in [0.25, 0.3) is 0 Å². The Morgan fingerprint density at radius 1 is 1.43 bits per heavy atom. The van der Waals surface area contributed by atoms with Crippen LogP contribution in [0, 0.1) is 0 Å². The molecule has 1 rings (SSSR count). The minimum absolute atomic E-state index is 0.527. The molecule has 4 heteroatoms. The molecule has 1 saturated heterocycles. The maximum atomic E-state index is 11.1. The highest BCUT2D eigenvalue weighted by atomic mass is 32.2. The van der Waals surface area contributed by atoms with Gasteiger partial charge < -0.3 is 10.2 Å². The Morgan fingerprint density at radius 2 is 2.07 bits per heavy atom. The molecule has 0 aromatic heterocycles. The average Bonchev–Trinajstić information content (AvgIpc) is 2.21. The van der Waals surface area contributed by atoms with Gasteiger partial charge in [0, 0.05) is 41.4 Å². The Labute approximate surface area is 89.7 Å². The molecule has 14 heavy (non-hydrogen) atoms. The molecule has 1 fully saturated rings. The number of hydrogen-bond donors (Lipinski definition) is 1. The van der Waals surface area contributed by atoms with Crippen LogP contribution in [0.3, 0.4) is 0 Å². The molecular formula is C10H22N2OS.